The number of thiophene rings is 2. The van der Waals surface area contributed by atoms with Crippen molar-refractivity contribution in [3.8, 4) is 9.75 Å². The summed E-state index contributed by atoms with van der Waals surface area (Å²) in [7, 11) is 0. The van der Waals surface area contributed by atoms with Gasteiger partial charge in [0.15, 0.2) is 0 Å². The lowest BCUT2D eigenvalue weighted by atomic mass is 10.4. The summed E-state index contributed by atoms with van der Waals surface area (Å²) in [6.45, 7) is 6.10. The van der Waals surface area contributed by atoms with Crippen molar-refractivity contribution in [3.63, 3.8) is 0 Å². The summed E-state index contributed by atoms with van der Waals surface area (Å²) in [5.74, 6) is 0. The van der Waals surface area contributed by atoms with E-state index >= 15 is 0 Å². The number of allylic oxidation sites excluding steroid dienone is 1. The molecule has 0 aliphatic heterocycles. The molecule has 0 radical (unpaired) electrons. The average molecular weight is 264 g/mol. The Morgan fingerprint density at radius 2 is 2.19 bits per heavy atom. The third-order valence-electron chi connectivity index (χ3n) is 1.99. The first-order valence-electron chi connectivity index (χ1n) is 4.92. The van der Waals surface area contributed by atoms with Gasteiger partial charge >= 0.3 is 0 Å². The summed E-state index contributed by atoms with van der Waals surface area (Å²) in [4.78, 5) is 5.03. The van der Waals surface area contributed by atoms with E-state index in [0.717, 1.165) is 4.91 Å². The molecule has 0 N–H and O–H groups in total. The number of hydrogen-bond acceptors (Lipinski definition) is 3. The van der Waals surface area contributed by atoms with E-state index in [1.54, 1.807) is 34.4 Å². The molecule has 0 nitrogen and oxygen atoms in total. The first-order chi connectivity index (χ1) is 7.81. The molecule has 0 aromatic carbocycles. The quantitative estimate of drug-likeness (QED) is 0.681. The smallest absolute Gasteiger partial charge is 0.0449 e. The van der Waals surface area contributed by atoms with E-state index in [2.05, 4.69) is 41.6 Å². The van der Waals surface area contributed by atoms with Crippen molar-refractivity contribution in [2.45, 2.75) is 6.92 Å². The Morgan fingerprint density at radius 1 is 1.31 bits per heavy atom. The molecular weight excluding hydrogens is 252 g/mol. The molecule has 0 unspecified atom stereocenters. The van der Waals surface area contributed by atoms with Crippen molar-refractivity contribution < 1.29 is 0 Å². The Hall–Kier alpha value is -0.770. The topological polar surface area (TPSA) is 0 Å². The fraction of sp³-hybridized carbons (Fsp3) is 0.0769. The molecule has 0 aliphatic rings. The minimum atomic E-state index is 1.12. The van der Waals surface area contributed by atoms with Crippen LogP contribution in [0.3, 0.4) is 0 Å². The van der Waals surface area contributed by atoms with Crippen LogP contribution in [0.4, 0.5) is 0 Å². The van der Waals surface area contributed by atoms with Crippen LogP contribution in [0.1, 0.15) is 11.8 Å². The molecule has 0 atom stereocenters. The molecule has 82 valence electrons. The van der Waals surface area contributed by atoms with Crippen LogP contribution in [-0.2, 0) is 0 Å². The number of hydrogen-bond donors (Lipinski definition) is 0. The largest absolute Gasteiger partial charge is 0.143 e. The summed E-state index contributed by atoms with van der Waals surface area (Å²) < 4.78 is 0. The zero-order chi connectivity index (χ0) is 11.4. The van der Waals surface area contributed by atoms with Gasteiger partial charge in [0.25, 0.3) is 0 Å². The van der Waals surface area contributed by atoms with Crippen LogP contribution in [0.2, 0.25) is 0 Å². The third kappa shape index (κ3) is 2.67. The predicted octanol–water partition coefficient (Wildman–Crippen LogP) is 5.71. The summed E-state index contributed by atoms with van der Waals surface area (Å²) in [5.41, 5.74) is 0. The molecule has 0 aliphatic carbocycles. The van der Waals surface area contributed by atoms with Crippen molar-refractivity contribution in [1.29, 1.82) is 0 Å². The second-order valence-electron chi connectivity index (χ2n) is 3.15. The minimum absolute atomic E-state index is 1.12. The molecular formula is C13H12S3. The lowest BCUT2D eigenvalue weighted by molar-refractivity contribution is 1.79. The van der Waals surface area contributed by atoms with E-state index in [4.69, 9.17) is 0 Å². The van der Waals surface area contributed by atoms with Gasteiger partial charge in [-0.15, -0.1) is 22.7 Å². The van der Waals surface area contributed by atoms with E-state index in [1.807, 2.05) is 13.0 Å². The van der Waals surface area contributed by atoms with E-state index in [1.165, 1.54) is 14.6 Å². The fourth-order valence-corrected chi connectivity index (χ4v) is 3.71. The molecule has 0 saturated carbocycles. The van der Waals surface area contributed by atoms with Crippen molar-refractivity contribution in [2.24, 2.45) is 0 Å². The van der Waals surface area contributed by atoms with E-state index in [-0.39, 0.29) is 0 Å². The van der Waals surface area contributed by atoms with Crippen LogP contribution in [0.5, 0.6) is 0 Å². The minimum Gasteiger partial charge on any atom is -0.143 e. The lowest BCUT2D eigenvalue weighted by Gasteiger charge is -1.96. The van der Waals surface area contributed by atoms with Gasteiger partial charge < -0.3 is 0 Å². The number of rotatable bonds is 4. The molecule has 3 heteroatoms. The molecule has 0 fully saturated rings. The highest BCUT2D eigenvalue weighted by Gasteiger charge is 2.05. The van der Waals surface area contributed by atoms with Crippen molar-refractivity contribution in [3.05, 3.63) is 52.6 Å². The zero-order valence-corrected chi connectivity index (χ0v) is 11.4. The Morgan fingerprint density at radius 3 is 2.88 bits per heavy atom. The maximum atomic E-state index is 4.08. The molecule has 0 amide bonds. The molecule has 16 heavy (non-hydrogen) atoms. The van der Waals surface area contributed by atoms with Gasteiger partial charge in [0.2, 0.25) is 0 Å². The highest BCUT2D eigenvalue weighted by Crippen LogP contribution is 2.37. The van der Waals surface area contributed by atoms with Crippen molar-refractivity contribution in [2.75, 3.05) is 0 Å². The summed E-state index contributed by atoms with van der Waals surface area (Å²) in [6.07, 6.45) is 2.03. The normalized spacial score (nSPS) is 11.1. The highest BCUT2D eigenvalue weighted by atomic mass is 32.2. The SMILES string of the molecule is C=C(S/C=C\C)c1ccc(-c2cccs2)s1. The predicted molar refractivity (Wildman–Crippen MR) is 79.1 cm³/mol. The van der Waals surface area contributed by atoms with Crippen LogP contribution in [-0.4, -0.2) is 0 Å². The number of thioether (sulfide) groups is 1. The van der Waals surface area contributed by atoms with Crippen LogP contribution < -0.4 is 0 Å². The van der Waals surface area contributed by atoms with E-state index in [0.29, 0.717) is 0 Å². The molecule has 2 heterocycles. The van der Waals surface area contributed by atoms with Gasteiger partial charge in [-0.1, -0.05) is 30.5 Å². The molecule has 2 rings (SSSR count). The Kier molecular flexibility index (Phi) is 4.04. The summed E-state index contributed by atoms with van der Waals surface area (Å²) in [5, 5.41) is 4.17. The zero-order valence-electron chi connectivity index (χ0n) is 8.97. The fourth-order valence-electron chi connectivity index (χ4n) is 1.25. The first kappa shape index (κ1) is 11.7. The second-order valence-corrected chi connectivity index (χ2v) is 6.18. The molecule has 0 bridgehead atoms. The van der Waals surface area contributed by atoms with Gasteiger partial charge in [0.05, 0.1) is 0 Å². The lowest BCUT2D eigenvalue weighted by Crippen LogP contribution is -1.65. The van der Waals surface area contributed by atoms with Gasteiger partial charge in [0.1, 0.15) is 0 Å². The van der Waals surface area contributed by atoms with Gasteiger partial charge in [-0.25, -0.2) is 0 Å². The van der Waals surface area contributed by atoms with E-state index in [9.17, 15) is 0 Å². The van der Waals surface area contributed by atoms with Gasteiger partial charge in [-0.05, 0) is 35.9 Å². The van der Waals surface area contributed by atoms with Crippen LogP contribution in [0.25, 0.3) is 14.7 Å². The van der Waals surface area contributed by atoms with Crippen molar-refractivity contribution in [1.82, 2.24) is 0 Å². The maximum Gasteiger partial charge on any atom is 0.0449 e. The van der Waals surface area contributed by atoms with Gasteiger partial charge in [0, 0.05) is 19.5 Å². The standard InChI is InChI=1S/C13H12S3/c1-3-8-14-10(2)11-6-7-13(16-11)12-5-4-9-15-12/h3-9H,2H2,1H3/b8-3-. The van der Waals surface area contributed by atoms with Crippen LogP contribution >= 0.6 is 34.4 Å². The molecule has 2 aromatic heterocycles. The van der Waals surface area contributed by atoms with Crippen LogP contribution in [0, 0.1) is 0 Å². The summed E-state index contributed by atoms with van der Waals surface area (Å²) in [6, 6.07) is 8.57. The average Bonchev–Trinajstić information content (AvgIpc) is 2.94. The highest BCUT2D eigenvalue weighted by molar-refractivity contribution is 8.11. The van der Waals surface area contributed by atoms with Crippen molar-refractivity contribution >= 4 is 39.3 Å². The molecule has 0 spiro atoms. The second kappa shape index (κ2) is 5.53. The Labute approximate surface area is 108 Å². The Bertz CT molecular complexity index is 489. The molecule has 2 aromatic rings. The maximum absolute atomic E-state index is 4.08. The third-order valence-corrected chi connectivity index (χ3v) is 5.24. The molecule has 0 saturated heterocycles. The Balaban J connectivity index is 2.17. The summed E-state index contributed by atoms with van der Waals surface area (Å²) >= 11 is 5.26. The van der Waals surface area contributed by atoms with Gasteiger partial charge in [-0.3, -0.25) is 0 Å². The van der Waals surface area contributed by atoms with E-state index < -0.39 is 0 Å². The van der Waals surface area contributed by atoms with Crippen LogP contribution in [0.15, 0.2) is 47.7 Å². The monoisotopic (exact) mass is 264 g/mol. The van der Waals surface area contributed by atoms with Gasteiger partial charge in [-0.2, -0.15) is 0 Å². The first-order valence-corrected chi connectivity index (χ1v) is 7.49.